The fourth-order valence-corrected chi connectivity index (χ4v) is 1.24. The number of nitrogens with two attached hydrogens (primary N) is 1. The maximum Gasteiger partial charge on any atom is 0.239 e. The molecule has 0 bridgehead atoms. The zero-order valence-corrected chi connectivity index (χ0v) is 10.6. The molecule has 8 nitrogen and oxygen atoms in total. The zero-order chi connectivity index (χ0) is 14.1. The van der Waals surface area contributed by atoms with E-state index in [2.05, 4.69) is 26.0 Å². The van der Waals surface area contributed by atoms with Gasteiger partial charge in [-0.15, -0.1) is 0 Å². The Morgan fingerprint density at radius 2 is 2.32 bits per heavy atom. The molecule has 0 fully saturated rings. The summed E-state index contributed by atoms with van der Waals surface area (Å²) in [6.07, 6.45) is 1.18. The van der Waals surface area contributed by atoms with Gasteiger partial charge in [-0.2, -0.15) is 4.98 Å². The minimum atomic E-state index is -0.612. The largest absolute Gasteiger partial charge is 0.383 e. The Bertz CT molecular complexity index is 417. The average molecular weight is 272 g/mol. The lowest BCUT2D eigenvalue weighted by molar-refractivity contribution is -0.121. The van der Waals surface area contributed by atoms with Crippen LogP contribution in [0.15, 0.2) is 6.20 Å². The van der Waals surface area contributed by atoms with Crippen molar-refractivity contribution in [2.45, 2.75) is 6.42 Å². The Balaban J connectivity index is 2.34. The number of nitrogens with zero attached hydrogens (tertiary/aromatic N) is 2. The summed E-state index contributed by atoms with van der Waals surface area (Å²) in [6.45, 7) is 1.14. The number of methoxy groups -OCH3 is 1. The molecule has 9 heteroatoms. The summed E-state index contributed by atoms with van der Waals surface area (Å²) >= 11 is 0. The van der Waals surface area contributed by atoms with Crippen LogP contribution in [0.5, 0.6) is 0 Å². The second-order valence-electron chi connectivity index (χ2n) is 3.55. The molecule has 19 heavy (non-hydrogen) atoms. The molecule has 0 spiro atoms. The summed E-state index contributed by atoms with van der Waals surface area (Å²) in [5.74, 6) is 4.43. The van der Waals surface area contributed by atoms with Gasteiger partial charge >= 0.3 is 0 Å². The molecule has 0 aromatic carbocycles. The van der Waals surface area contributed by atoms with E-state index in [9.17, 15) is 9.18 Å². The molecule has 0 saturated carbocycles. The first-order valence-electron chi connectivity index (χ1n) is 5.66. The minimum Gasteiger partial charge on any atom is -0.383 e. The van der Waals surface area contributed by atoms with Gasteiger partial charge in [-0.3, -0.25) is 10.2 Å². The van der Waals surface area contributed by atoms with Crippen LogP contribution in [0.1, 0.15) is 6.42 Å². The predicted octanol–water partition coefficient (Wildman–Crippen LogP) is -0.534. The molecular weight excluding hydrogens is 255 g/mol. The van der Waals surface area contributed by atoms with E-state index < -0.39 is 5.82 Å². The highest BCUT2D eigenvalue weighted by Gasteiger charge is 2.07. The van der Waals surface area contributed by atoms with Crippen LogP contribution in [0.2, 0.25) is 0 Å². The first kappa shape index (κ1) is 15.1. The monoisotopic (exact) mass is 272 g/mol. The number of aromatic nitrogens is 2. The highest BCUT2D eigenvalue weighted by molar-refractivity contribution is 5.76. The van der Waals surface area contributed by atoms with Crippen molar-refractivity contribution in [2.24, 2.45) is 5.84 Å². The standard InChI is InChI=1S/C10H17FN6O2/c1-19-5-4-13-8(18)2-3-14-9-7(11)6-15-10(16-9)17-12/h6H,2-5,12H2,1H3,(H,13,18)(H2,14,15,16,17). The van der Waals surface area contributed by atoms with E-state index in [0.717, 1.165) is 6.20 Å². The summed E-state index contributed by atoms with van der Waals surface area (Å²) in [5.41, 5.74) is 2.21. The molecule has 0 atom stereocenters. The van der Waals surface area contributed by atoms with Gasteiger partial charge < -0.3 is 15.4 Å². The van der Waals surface area contributed by atoms with Crippen molar-refractivity contribution in [3.63, 3.8) is 0 Å². The van der Waals surface area contributed by atoms with Crippen LogP contribution in [0.25, 0.3) is 0 Å². The number of carbonyl (C=O) groups is 1. The summed E-state index contributed by atoms with van der Waals surface area (Å²) in [7, 11) is 1.55. The van der Waals surface area contributed by atoms with E-state index in [1.165, 1.54) is 0 Å². The highest BCUT2D eigenvalue weighted by Crippen LogP contribution is 2.10. The Kier molecular flexibility index (Phi) is 6.47. The van der Waals surface area contributed by atoms with Gasteiger partial charge in [-0.05, 0) is 0 Å². The summed E-state index contributed by atoms with van der Waals surface area (Å²) in [6, 6.07) is 0. The van der Waals surface area contributed by atoms with E-state index in [4.69, 9.17) is 10.6 Å². The van der Waals surface area contributed by atoms with E-state index in [1.54, 1.807) is 7.11 Å². The van der Waals surface area contributed by atoms with Crippen molar-refractivity contribution in [3.05, 3.63) is 12.0 Å². The van der Waals surface area contributed by atoms with Crippen LogP contribution in [0.3, 0.4) is 0 Å². The molecular formula is C10H17FN6O2. The second kappa shape index (κ2) is 8.16. The SMILES string of the molecule is COCCNC(=O)CCNc1nc(NN)ncc1F. The molecule has 1 aromatic heterocycles. The van der Waals surface area contributed by atoms with Crippen LogP contribution in [-0.4, -0.2) is 42.7 Å². The molecule has 5 N–H and O–H groups in total. The van der Waals surface area contributed by atoms with E-state index >= 15 is 0 Å². The highest BCUT2D eigenvalue weighted by atomic mass is 19.1. The lowest BCUT2D eigenvalue weighted by Crippen LogP contribution is -2.28. The van der Waals surface area contributed by atoms with Crippen LogP contribution in [-0.2, 0) is 9.53 Å². The topological polar surface area (TPSA) is 114 Å². The fraction of sp³-hybridized carbons (Fsp3) is 0.500. The van der Waals surface area contributed by atoms with Gasteiger partial charge in [0.15, 0.2) is 11.6 Å². The summed E-state index contributed by atoms with van der Waals surface area (Å²) in [4.78, 5) is 18.7. The predicted molar refractivity (Wildman–Crippen MR) is 67.8 cm³/mol. The molecule has 1 amide bonds. The van der Waals surface area contributed by atoms with Crippen molar-refractivity contribution in [1.29, 1.82) is 0 Å². The zero-order valence-electron chi connectivity index (χ0n) is 10.6. The molecule has 0 aliphatic rings. The number of rotatable bonds is 8. The Labute approximate surface area is 109 Å². The number of ether oxygens (including phenoxy) is 1. The fourth-order valence-electron chi connectivity index (χ4n) is 1.24. The number of nitrogen functional groups attached to an aromatic ring is 1. The second-order valence-corrected chi connectivity index (χ2v) is 3.55. The molecule has 0 aliphatic carbocycles. The minimum absolute atomic E-state index is 0.00681. The van der Waals surface area contributed by atoms with Gasteiger partial charge in [0.1, 0.15) is 0 Å². The molecule has 106 valence electrons. The molecule has 0 saturated heterocycles. The summed E-state index contributed by atoms with van der Waals surface area (Å²) in [5, 5.41) is 5.34. The summed E-state index contributed by atoms with van der Waals surface area (Å²) < 4.78 is 18.1. The van der Waals surface area contributed by atoms with Crippen molar-refractivity contribution in [3.8, 4) is 0 Å². The quantitative estimate of drug-likeness (QED) is 0.285. The van der Waals surface area contributed by atoms with Gasteiger partial charge in [-0.1, -0.05) is 0 Å². The first-order valence-corrected chi connectivity index (χ1v) is 5.66. The van der Waals surface area contributed by atoms with Gasteiger partial charge in [0.2, 0.25) is 11.9 Å². The number of halogens is 1. The van der Waals surface area contributed by atoms with Crippen molar-refractivity contribution >= 4 is 17.7 Å². The third kappa shape index (κ3) is 5.44. The van der Waals surface area contributed by atoms with E-state index in [1.807, 2.05) is 0 Å². The first-order chi connectivity index (χ1) is 9.17. The van der Waals surface area contributed by atoms with Crippen molar-refractivity contribution < 1.29 is 13.9 Å². The van der Waals surface area contributed by atoms with Crippen LogP contribution < -0.4 is 21.9 Å². The number of amides is 1. The maximum absolute atomic E-state index is 13.3. The Morgan fingerprint density at radius 3 is 3.00 bits per heavy atom. The molecule has 1 rings (SSSR count). The average Bonchev–Trinajstić information content (AvgIpc) is 2.41. The number of hydrazine groups is 1. The smallest absolute Gasteiger partial charge is 0.239 e. The van der Waals surface area contributed by atoms with E-state index in [0.29, 0.717) is 13.2 Å². The van der Waals surface area contributed by atoms with Crippen LogP contribution in [0, 0.1) is 5.82 Å². The maximum atomic E-state index is 13.3. The molecule has 1 aromatic rings. The van der Waals surface area contributed by atoms with Gasteiger partial charge in [0.05, 0.1) is 12.8 Å². The third-order valence-corrected chi connectivity index (χ3v) is 2.15. The molecule has 0 radical (unpaired) electrons. The van der Waals surface area contributed by atoms with Crippen LogP contribution >= 0.6 is 0 Å². The number of hydrogen-bond donors (Lipinski definition) is 4. The molecule has 1 heterocycles. The number of carbonyl (C=O) groups excluding carboxylic acids is 1. The van der Waals surface area contributed by atoms with Gasteiger partial charge in [-0.25, -0.2) is 15.2 Å². The Morgan fingerprint density at radius 1 is 1.53 bits per heavy atom. The van der Waals surface area contributed by atoms with E-state index in [-0.39, 0.29) is 30.6 Å². The lowest BCUT2D eigenvalue weighted by Gasteiger charge is -2.08. The van der Waals surface area contributed by atoms with Crippen molar-refractivity contribution in [1.82, 2.24) is 15.3 Å². The number of anilines is 2. The molecule has 0 aliphatic heterocycles. The molecule has 0 unspecified atom stereocenters. The number of hydrogen-bond acceptors (Lipinski definition) is 7. The lowest BCUT2D eigenvalue weighted by atomic mass is 10.4. The normalized spacial score (nSPS) is 10.1. The van der Waals surface area contributed by atoms with Crippen molar-refractivity contribution in [2.75, 3.05) is 37.5 Å². The van der Waals surface area contributed by atoms with Gasteiger partial charge in [0, 0.05) is 26.6 Å². The number of nitrogens with one attached hydrogen (secondary N) is 3. The van der Waals surface area contributed by atoms with Gasteiger partial charge in [0.25, 0.3) is 0 Å². The third-order valence-electron chi connectivity index (χ3n) is 2.15. The van der Waals surface area contributed by atoms with Crippen LogP contribution in [0.4, 0.5) is 16.2 Å². The Hall–Kier alpha value is -2.00.